The van der Waals surface area contributed by atoms with E-state index in [1.165, 1.54) is 0 Å². The molecule has 0 heterocycles. The maximum Gasteiger partial charge on any atom is 0.407 e. The van der Waals surface area contributed by atoms with Crippen LogP contribution in [0.1, 0.15) is 32.6 Å². The fourth-order valence-electron chi connectivity index (χ4n) is 1.75. The van der Waals surface area contributed by atoms with E-state index in [9.17, 15) is 13.6 Å². The van der Waals surface area contributed by atoms with Crippen LogP contribution in [-0.2, 0) is 4.74 Å². The van der Waals surface area contributed by atoms with E-state index in [0.717, 1.165) is 25.7 Å². The first-order valence-electron chi connectivity index (χ1n) is 5.29. The highest BCUT2D eigenvalue weighted by molar-refractivity contribution is 5.67. The van der Waals surface area contributed by atoms with Crippen LogP contribution in [-0.4, -0.2) is 25.2 Å². The smallest absolute Gasteiger partial charge is 0.407 e. The molecule has 1 aliphatic rings. The van der Waals surface area contributed by atoms with Gasteiger partial charge in [0.2, 0.25) is 0 Å². The zero-order chi connectivity index (χ0) is 11.3. The standard InChI is InChI=1S/C10H17F2NO2/c1-7-2-4-8(5-3-7)13-10(14)15-6-9(11)12/h7-9H,2-6H2,1H3,(H,13,14). The predicted octanol–water partition coefficient (Wildman–Crippen LogP) is 2.56. The molecule has 0 bridgehead atoms. The molecular formula is C10H17F2NO2. The average Bonchev–Trinajstić information content (AvgIpc) is 2.19. The summed E-state index contributed by atoms with van der Waals surface area (Å²) in [5.74, 6) is 0.695. The van der Waals surface area contributed by atoms with Crippen LogP contribution in [0.5, 0.6) is 0 Å². The molecule has 1 fully saturated rings. The van der Waals surface area contributed by atoms with E-state index in [-0.39, 0.29) is 6.04 Å². The van der Waals surface area contributed by atoms with Crippen LogP contribution < -0.4 is 5.32 Å². The second-order valence-electron chi connectivity index (χ2n) is 4.09. The number of hydrogen-bond donors (Lipinski definition) is 1. The lowest BCUT2D eigenvalue weighted by molar-refractivity contribution is 0.0467. The van der Waals surface area contributed by atoms with Crippen molar-refractivity contribution in [1.29, 1.82) is 0 Å². The summed E-state index contributed by atoms with van der Waals surface area (Å²) in [6.07, 6.45) is 0.632. The Balaban J connectivity index is 2.15. The quantitative estimate of drug-likeness (QED) is 0.795. The Kier molecular flexibility index (Phi) is 4.78. The van der Waals surface area contributed by atoms with Gasteiger partial charge in [0.05, 0.1) is 0 Å². The molecule has 0 aromatic heterocycles. The molecule has 88 valence electrons. The van der Waals surface area contributed by atoms with Crippen LogP contribution in [0.2, 0.25) is 0 Å². The van der Waals surface area contributed by atoms with Crippen molar-refractivity contribution >= 4 is 6.09 Å². The van der Waals surface area contributed by atoms with Gasteiger partial charge >= 0.3 is 6.09 Å². The summed E-state index contributed by atoms with van der Waals surface area (Å²) >= 11 is 0. The van der Waals surface area contributed by atoms with E-state index in [1.54, 1.807) is 0 Å². The van der Waals surface area contributed by atoms with E-state index < -0.39 is 19.1 Å². The Bertz CT molecular complexity index is 204. The number of halogens is 2. The van der Waals surface area contributed by atoms with Crippen molar-refractivity contribution < 1.29 is 18.3 Å². The molecule has 3 nitrogen and oxygen atoms in total. The van der Waals surface area contributed by atoms with Crippen molar-refractivity contribution in [3.05, 3.63) is 0 Å². The van der Waals surface area contributed by atoms with Gasteiger partial charge in [0, 0.05) is 6.04 Å². The molecule has 1 saturated carbocycles. The monoisotopic (exact) mass is 221 g/mol. The minimum absolute atomic E-state index is 0.0892. The third kappa shape index (κ3) is 4.95. The first kappa shape index (κ1) is 12.2. The second kappa shape index (κ2) is 5.88. The minimum atomic E-state index is -2.60. The number of hydrogen-bond acceptors (Lipinski definition) is 2. The molecule has 1 amide bonds. The van der Waals surface area contributed by atoms with Gasteiger partial charge in [-0.3, -0.25) is 0 Å². The molecule has 0 atom stereocenters. The lowest BCUT2D eigenvalue weighted by Crippen LogP contribution is -2.38. The zero-order valence-electron chi connectivity index (χ0n) is 8.84. The summed E-state index contributed by atoms with van der Waals surface area (Å²) in [6.45, 7) is 1.35. The van der Waals surface area contributed by atoms with Gasteiger partial charge in [-0.2, -0.15) is 0 Å². The Morgan fingerprint density at radius 1 is 1.40 bits per heavy atom. The Labute approximate surface area is 88.2 Å². The Morgan fingerprint density at radius 2 is 2.00 bits per heavy atom. The van der Waals surface area contributed by atoms with E-state index in [4.69, 9.17) is 0 Å². The lowest BCUT2D eigenvalue weighted by Gasteiger charge is -2.26. The molecule has 0 aromatic rings. The van der Waals surface area contributed by atoms with Crippen LogP contribution in [0.3, 0.4) is 0 Å². The van der Waals surface area contributed by atoms with Gasteiger partial charge in [0.1, 0.15) is 0 Å². The molecule has 0 spiro atoms. The van der Waals surface area contributed by atoms with E-state index >= 15 is 0 Å². The molecule has 1 rings (SSSR count). The maximum atomic E-state index is 11.7. The van der Waals surface area contributed by atoms with Gasteiger partial charge in [-0.15, -0.1) is 0 Å². The second-order valence-corrected chi connectivity index (χ2v) is 4.09. The molecule has 0 aromatic carbocycles. The number of amides is 1. The number of ether oxygens (including phenoxy) is 1. The number of rotatable bonds is 3. The van der Waals surface area contributed by atoms with Crippen molar-refractivity contribution in [2.45, 2.75) is 45.1 Å². The van der Waals surface area contributed by atoms with E-state index in [1.807, 2.05) is 0 Å². The molecular weight excluding hydrogens is 204 g/mol. The maximum absolute atomic E-state index is 11.7. The third-order valence-electron chi connectivity index (χ3n) is 2.68. The van der Waals surface area contributed by atoms with Gasteiger partial charge in [0.25, 0.3) is 6.43 Å². The van der Waals surface area contributed by atoms with Crippen LogP contribution in [0.4, 0.5) is 13.6 Å². The highest BCUT2D eigenvalue weighted by atomic mass is 19.3. The van der Waals surface area contributed by atoms with Crippen LogP contribution in [0, 0.1) is 5.92 Å². The normalized spacial score (nSPS) is 26.4. The molecule has 1 N–H and O–H groups in total. The van der Waals surface area contributed by atoms with Crippen LogP contribution >= 0.6 is 0 Å². The molecule has 0 saturated heterocycles. The fourth-order valence-corrected chi connectivity index (χ4v) is 1.75. The summed E-state index contributed by atoms with van der Waals surface area (Å²) < 4.78 is 27.8. The van der Waals surface area contributed by atoms with Crippen molar-refractivity contribution in [3.8, 4) is 0 Å². The zero-order valence-corrected chi connectivity index (χ0v) is 8.84. The molecule has 0 aliphatic heterocycles. The number of nitrogens with one attached hydrogen (secondary N) is 1. The Hall–Kier alpha value is -0.870. The lowest BCUT2D eigenvalue weighted by atomic mass is 9.87. The number of carbonyl (C=O) groups is 1. The van der Waals surface area contributed by atoms with Crippen molar-refractivity contribution in [2.75, 3.05) is 6.61 Å². The first-order valence-corrected chi connectivity index (χ1v) is 5.29. The number of alkyl carbamates (subject to hydrolysis) is 1. The van der Waals surface area contributed by atoms with Gasteiger partial charge in [-0.25, -0.2) is 13.6 Å². The van der Waals surface area contributed by atoms with Crippen molar-refractivity contribution in [1.82, 2.24) is 5.32 Å². The van der Waals surface area contributed by atoms with E-state index in [2.05, 4.69) is 17.0 Å². The van der Waals surface area contributed by atoms with Crippen molar-refractivity contribution in [3.63, 3.8) is 0 Å². The third-order valence-corrected chi connectivity index (χ3v) is 2.68. The highest BCUT2D eigenvalue weighted by Gasteiger charge is 2.20. The molecule has 0 radical (unpaired) electrons. The number of carbonyl (C=O) groups excluding carboxylic acids is 1. The summed E-state index contributed by atoms with van der Waals surface area (Å²) in [7, 11) is 0. The highest BCUT2D eigenvalue weighted by Crippen LogP contribution is 2.23. The van der Waals surface area contributed by atoms with Gasteiger partial charge in [-0.05, 0) is 31.6 Å². The van der Waals surface area contributed by atoms with Crippen molar-refractivity contribution in [2.24, 2.45) is 5.92 Å². The van der Waals surface area contributed by atoms with Crippen LogP contribution in [0.15, 0.2) is 0 Å². The van der Waals surface area contributed by atoms with Gasteiger partial charge < -0.3 is 10.1 Å². The fraction of sp³-hybridized carbons (Fsp3) is 0.900. The summed E-state index contributed by atoms with van der Waals surface area (Å²) in [5.41, 5.74) is 0. The molecule has 1 aliphatic carbocycles. The van der Waals surface area contributed by atoms with Gasteiger partial charge in [0.15, 0.2) is 6.61 Å². The summed E-state index contributed by atoms with van der Waals surface area (Å²) in [6, 6.07) is 0.0892. The number of alkyl halides is 2. The molecule has 15 heavy (non-hydrogen) atoms. The predicted molar refractivity (Wildman–Crippen MR) is 51.9 cm³/mol. The van der Waals surface area contributed by atoms with E-state index in [0.29, 0.717) is 5.92 Å². The first-order chi connectivity index (χ1) is 7.08. The average molecular weight is 221 g/mol. The minimum Gasteiger partial charge on any atom is -0.443 e. The SMILES string of the molecule is CC1CCC(NC(=O)OCC(F)F)CC1. The largest absolute Gasteiger partial charge is 0.443 e. The molecule has 5 heteroatoms. The van der Waals surface area contributed by atoms with Crippen LogP contribution in [0.25, 0.3) is 0 Å². The summed E-state index contributed by atoms with van der Waals surface area (Å²) in [5, 5.41) is 2.60. The topological polar surface area (TPSA) is 38.3 Å². The molecule has 0 unspecified atom stereocenters. The summed E-state index contributed by atoms with van der Waals surface area (Å²) in [4.78, 5) is 11.0. The Morgan fingerprint density at radius 3 is 2.53 bits per heavy atom. The van der Waals surface area contributed by atoms with Gasteiger partial charge in [-0.1, -0.05) is 6.92 Å².